The molecule has 1 aromatic heterocycles. The summed E-state index contributed by atoms with van der Waals surface area (Å²) in [5.74, 6) is -1.28. The van der Waals surface area contributed by atoms with E-state index in [0.29, 0.717) is 23.1 Å². The van der Waals surface area contributed by atoms with E-state index in [0.717, 1.165) is 36.9 Å². The quantitative estimate of drug-likeness (QED) is 0.650. The first-order valence-electron chi connectivity index (χ1n) is 9.64. The van der Waals surface area contributed by atoms with E-state index in [1.807, 2.05) is 35.2 Å². The van der Waals surface area contributed by atoms with Crippen LogP contribution in [-0.2, 0) is 4.79 Å². The number of rotatable bonds is 6. The Balaban J connectivity index is 1.90. The van der Waals surface area contributed by atoms with Crippen LogP contribution in [0.1, 0.15) is 59.7 Å². The highest BCUT2D eigenvalue weighted by Crippen LogP contribution is 2.38. The monoisotopic (exact) mass is 394 g/mol. The number of amidine groups is 1. The molecule has 3 N–H and O–H groups in total. The number of aliphatic carboxylic acids is 1. The van der Waals surface area contributed by atoms with Crippen molar-refractivity contribution in [3.8, 4) is 0 Å². The number of nitrogens with one attached hydrogen (secondary N) is 1. The van der Waals surface area contributed by atoms with Gasteiger partial charge in [-0.3, -0.25) is 4.79 Å². The minimum absolute atomic E-state index is 0.0609. The first-order valence-corrected chi connectivity index (χ1v) is 9.64. The molecular weight excluding hydrogens is 372 g/mol. The molecule has 2 aliphatic rings. The van der Waals surface area contributed by atoms with Gasteiger partial charge in [0.05, 0.1) is 0 Å². The van der Waals surface area contributed by atoms with Crippen molar-refractivity contribution >= 4 is 29.2 Å². The summed E-state index contributed by atoms with van der Waals surface area (Å²) in [6, 6.07) is 9.80. The van der Waals surface area contributed by atoms with Crippen LogP contribution in [0.4, 0.5) is 0 Å². The van der Waals surface area contributed by atoms with Crippen molar-refractivity contribution in [2.24, 2.45) is 4.99 Å². The molecule has 29 heavy (non-hydrogen) atoms. The summed E-state index contributed by atoms with van der Waals surface area (Å²) in [5.41, 5.74) is 2.52. The second-order valence-corrected chi connectivity index (χ2v) is 7.33. The molecular formula is C21H22N4O4+. The van der Waals surface area contributed by atoms with Crippen LogP contribution < -0.4 is 4.90 Å². The molecule has 2 heterocycles. The van der Waals surface area contributed by atoms with Gasteiger partial charge < -0.3 is 15.2 Å². The number of benzene rings is 1. The van der Waals surface area contributed by atoms with E-state index in [1.54, 1.807) is 6.92 Å². The summed E-state index contributed by atoms with van der Waals surface area (Å²) in [6.07, 6.45) is 3.88. The molecule has 4 rings (SSSR count). The molecule has 1 saturated carbocycles. The van der Waals surface area contributed by atoms with E-state index < -0.39 is 11.9 Å². The highest BCUT2D eigenvalue weighted by molar-refractivity contribution is 6.13. The van der Waals surface area contributed by atoms with Gasteiger partial charge in [0.15, 0.2) is 17.2 Å². The molecule has 1 aromatic carbocycles. The Bertz CT molecular complexity index is 1020. The van der Waals surface area contributed by atoms with Crippen LogP contribution in [0.2, 0.25) is 0 Å². The van der Waals surface area contributed by atoms with E-state index in [-0.39, 0.29) is 18.2 Å². The fourth-order valence-electron chi connectivity index (χ4n) is 4.11. The van der Waals surface area contributed by atoms with Gasteiger partial charge in [0.1, 0.15) is 12.5 Å². The number of carboxylic acids is 2. The van der Waals surface area contributed by atoms with Crippen molar-refractivity contribution in [1.29, 1.82) is 0 Å². The zero-order chi connectivity index (χ0) is 20.5. The zero-order valence-corrected chi connectivity index (χ0v) is 16.1. The number of imidazole rings is 1. The topological polar surface area (TPSA) is 122 Å². The molecule has 2 aromatic rings. The average Bonchev–Trinajstić information content (AvgIpc) is 3.40. The number of carboxylic acid groups (broad SMARTS) is 2. The van der Waals surface area contributed by atoms with E-state index in [1.165, 1.54) is 0 Å². The fraction of sp³-hybridized carbons (Fsp3) is 0.333. The van der Waals surface area contributed by atoms with E-state index in [4.69, 9.17) is 0 Å². The molecule has 0 unspecified atom stereocenters. The summed E-state index contributed by atoms with van der Waals surface area (Å²) in [4.78, 5) is 36.9. The third kappa shape index (κ3) is 3.58. The molecule has 1 aliphatic carbocycles. The third-order valence-corrected chi connectivity index (χ3v) is 5.34. The van der Waals surface area contributed by atoms with Crippen LogP contribution >= 0.6 is 0 Å². The lowest BCUT2D eigenvalue weighted by Gasteiger charge is -2.16. The predicted molar refractivity (Wildman–Crippen MR) is 108 cm³/mol. The summed E-state index contributed by atoms with van der Waals surface area (Å²) in [7, 11) is 0. The number of hydrogen-bond donors (Lipinski definition) is 3. The maximum absolute atomic E-state index is 11.5. The zero-order valence-electron chi connectivity index (χ0n) is 16.1. The van der Waals surface area contributed by atoms with Gasteiger partial charge >= 0.3 is 11.9 Å². The Kier molecular flexibility index (Phi) is 5.02. The van der Waals surface area contributed by atoms with Gasteiger partial charge in [0, 0.05) is 24.1 Å². The number of aromatic carboxylic acids is 1. The summed E-state index contributed by atoms with van der Waals surface area (Å²) in [6.45, 7) is 1.65. The Morgan fingerprint density at radius 2 is 1.86 bits per heavy atom. The molecule has 0 atom stereocenters. The van der Waals surface area contributed by atoms with Gasteiger partial charge in [-0.25, -0.2) is 9.78 Å². The van der Waals surface area contributed by atoms with Crippen LogP contribution in [-0.4, -0.2) is 44.0 Å². The summed E-state index contributed by atoms with van der Waals surface area (Å²) in [5, 5.41) is 18.8. The van der Waals surface area contributed by atoms with Gasteiger partial charge in [-0.05, 0) is 31.9 Å². The van der Waals surface area contributed by atoms with Crippen LogP contribution in [0.3, 0.4) is 0 Å². The maximum atomic E-state index is 11.5. The second kappa shape index (κ2) is 7.63. The van der Waals surface area contributed by atoms with Crippen molar-refractivity contribution in [2.45, 2.75) is 45.1 Å². The first-order chi connectivity index (χ1) is 14.0. The molecule has 1 fully saturated rings. The smallest absolute Gasteiger partial charge is 0.356 e. The van der Waals surface area contributed by atoms with Gasteiger partial charge in [-0.2, -0.15) is 4.99 Å². The van der Waals surface area contributed by atoms with Crippen LogP contribution in [0, 0.1) is 6.92 Å². The van der Waals surface area contributed by atoms with Gasteiger partial charge in [0.2, 0.25) is 5.70 Å². The minimum atomic E-state index is -1.12. The van der Waals surface area contributed by atoms with Gasteiger partial charge in [-0.15, -0.1) is 0 Å². The lowest BCUT2D eigenvalue weighted by molar-refractivity contribution is -0.135. The molecule has 8 heteroatoms. The number of aryl methyl sites for hydroxylation is 1. The number of hydrogen-bond acceptors (Lipinski definition) is 5. The van der Waals surface area contributed by atoms with Crippen molar-refractivity contribution < 1.29 is 19.8 Å². The van der Waals surface area contributed by atoms with Crippen molar-refractivity contribution in [1.82, 2.24) is 14.9 Å². The minimum Gasteiger partial charge on any atom is -0.481 e. The molecule has 0 bridgehead atoms. The molecule has 8 nitrogen and oxygen atoms in total. The van der Waals surface area contributed by atoms with Crippen LogP contribution in [0.25, 0.3) is 11.4 Å². The second-order valence-electron chi connectivity index (χ2n) is 7.33. The lowest BCUT2D eigenvalue weighted by Crippen LogP contribution is -2.41. The number of H-pyrrole nitrogens is 1. The summed E-state index contributed by atoms with van der Waals surface area (Å²) >= 11 is 0. The molecule has 0 amide bonds. The lowest BCUT2D eigenvalue weighted by atomic mass is 10.1. The van der Waals surface area contributed by atoms with E-state index >= 15 is 0 Å². The van der Waals surface area contributed by atoms with Crippen molar-refractivity contribution in [2.75, 3.05) is 0 Å². The molecule has 0 spiro atoms. The Labute approximate surface area is 167 Å². The number of nitrogens with zero attached hydrogens (tertiary/aromatic N) is 3. The standard InChI is InChI=1S/C21H22N4O4/c1-12-17(21(28)29)24-20(22-12)18-19(13-7-3-2-4-8-13)25(14-9-5-6-10-14)15(23-18)11-16(26)27/h2-4,7-8,14H,5-6,9-11H2,1H3,(H,22,24)(H,26,27)(H,28,29)/q+1. The third-order valence-electron chi connectivity index (χ3n) is 5.34. The van der Waals surface area contributed by atoms with Crippen molar-refractivity contribution in [3.63, 3.8) is 0 Å². The Hall–Kier alpha value is -3.26. The van der Waals surface area contributed by atoms with E-state index in [2.05, 4.69) is 15.0 Å². The van der Waals surface area contributed by atoms with Crippen molar-refractivity contribution in [3.05, 3.63) is 53.1 Å². The fourth-order valence-corrected chi connectivity index (χ4v) is 4.11. The summed E-state index contributed by atoms with van der Waals surface area (Å²) < 4.78 is 0. The molecule has 149 valence electrons. The highest BCUT2D eigenvalue weighted by Gasteiger charge is 2.47. The normalized spacial score (nSPS) is 17.8. The predicted octanol–water partition coefficient (Wildman–Crippen LogP) is 3.21. The van der Waals surface area contributed by atoms with Gasteiger partial charge in [0.25, 0.3) is 5.84 Å². The maximum Gasteiger partial charge on any atom is 0.356 e. The van der Waals surface area contributed by atoms with Crippen LogP contribution in [0.15, 0.2) is 35.3 Å². The SMILES string of the molecule is Cc1[nH]c(C2=C(c3ccccc3)[N+](C3CCCC3)C(CC(=O)O)=N2)nc1C(=O)O. The Morgan fingerprint density at radius 3 is 2.45 bits per heavy atom. The average molecular weight is 394 g/mol. The number of aromatic nitrogens is 2. The first kappa shape index (κ1) is 19.1. The van der Waals surface area contributed by atoms with E-state index in [9.17, 15) is 19.8 Å². The highest BCUT2D eigenvalue weighted by atomic mass is 16.4. The number of aromatic amines is 1. The number of carbonyl (C=O) groups is 2. The molecule has 1 radical (unpaired) electrons. The molecule has 0 saturated heterocycles. The number of aliphatic imine (C=N–C) groups is 1. The van der Waals surface area contributed by atoms with Gasteiger partial charge in [-0.1, -0.05) is 23.1 Å². The largest absolute Gasteiger partial charge is 0.481 e. The van der Waals surface area contributed by atoms with Crippen LogP contribution in [0.5, 0.6) is 0 Å². The molecule has 1 aliphatic heterocycles. The Morgan fingerprint density at radius 1 is 1.17 bits per heavy atom.